The summed E-state index contributed by atoms with van der Waals surface area (Å²) in [5.74, 6) is -0.191. The number of hydrogen-bond acceptors (Lipinski definition) is 1. The minimum Gasteiger partial charge on any atom is -0.385 e. The average Bonchev–Trinajstić information content (AvgIpc) is 2.83. The zero-order valence-corrected chi connectivity index (χ0v) is 8.68. The van der Waals surface area contributed by atoms with E-state index in [1.54, 1.807) is 0 Å². The van der Waals surface area contributed by atoms with Gasteiger partial charge < -0.3 is 5.11 Å². The van der Waals surface area contributed by atoms with Crippen molar-refractivity contribution in [2.75, 3.05) is 0 Å². The van der Waals surface area contributed by atoms with E-state index in [2.05, 4.69) is 0 Å². The molecule has 14 heavy (non-hydrogen) atoms. The van der Waals surface area contributed by atoms with E-state index < -0.39 is 5.60 Å². The highest BCUT2D eigenvalue weighted by molar-refractivity contribution is 6.30. The standard InChI is InChI=1S/C11H12ClFO/c1-2-7-6-11(7,14)9-5-8(12)3-4-10(9)13/h3-5,7,14H,2,6H2,1H3. The van der Waals surface area contributed by atoms with Crippen LogP contribution >= 0.6 is 11.6 Å². The van der Waals surface area contributed by atoms with Crippen LogP contribution in [0.5, 0.6) is 0 Å². The van der Waals surface area contributed by atoms with E-state index in [1.807, 2.05) is 6.92 Å². The van der Waals surface area contributed by atoms with Crippen molar-refractivity contribution in [3.05, 3.63) is 34.6 Å². The lowest BCUT2D eigenvalue weighted by atomic mass is 10.0. The highest BCUT2D eigenvalue weighted by atomic mass is 35.5. The summed E-state index contributed by atoms with van der Waals surface area (Å²) in [6, 6.07) is 4.32. The van der Waals surface area contributed by atoms with Gasteiger partial charge in [0, 0.05) is 10.6 Å². The fraction of sp³-hybridized carbons (Fsp3) is 0.455. The van der Waals surface area contributed by atoms with Gasteiger partial charge in [0.2, 0.25) is 0 Å². The van der Waals surface area contributed by atoms with E-state index in [4.69, 9.17) is 11.6 Å². The molecule has 1 nitrogen and oxygen atoms in total. The summed E-state index contributed by atoms with van der Waals surface area (Å²) in [5.41, 5.74) is -0.624. The van der Waals surface area contributed by atoms with Gasteiger partial charge in [-0.05, 0) is 30.5 Å². The molecule has 3 heteroatoms. The maximum Gasteiger partial charge on any atom is 0.129 e. The molecule has 2 rings (SSSR count). The largest absolute Gasteiger partial charge is 0.385 e. The van der Waals surface area contributed by atoms with Crippen molar-refractivity contribution in [2.45, 2.75) is 25.4 Å². The maximum atomic E-state index is 13.4. The number of aliphatic hydroxyl groups is 1. The van der Waals surface area contributed by atoms with E-state index in [9.17, 15) is 9.50 Å². The topological polar surface area (TPSA) is 20.2 Å². The van der Waals surface area contributed by atoms with Crippen LogP contribution in [0.1, 0.15) is 25.3 Å². The zero-order chi connectivity index (χ0) is 10.3. The van der Waals surface area contributed by atoms with Crippen molar-refractivity contribution in [3.63, 3.8) is 0 Å². The Balaban J connectivity index is 2.38. The molecule has 1 fully saturated rings. The fourth-order valence-corrected chi connectivity index (χ4v) is 2.13. The van der Waals surface area contributed by atoms with Crippen LogP contribution in [0.2, 0.25) is 5.02 Å². The predicted molar refractivity (Wildman–Crippen MR) is 53.7 cm³/mol. The third-order valence-corrected chi connectivity index (χ3v) is 3.20. The van der Waals surface area contributed by atoms with Gasteiger partial charge in [-0.15, -0.1) is 0 Å². The van der Waals surface area contributed by atoms with Crippen LogP contribution in [-0.4, -0.2) is 5.11 Å². The highest BCUT2D eigenvalue weighted by Crippen LogP contribution is 2.54. The first-order valence-corrected chi connectivity index (χ1v) is 5.13. The van der Waals surface area contributed by atoms with Crippen LogP contribution in [0, 0.1) is 11.7 Å². The van der Waals surface area contributed by atoms with E-state index in [0.717, 1.165) is 6.42 Å². The molecule has 0 spiro atoms. The Morgan fingerprint density at radius 3 is 2.93 bits per heavy atom. The molecule has 0 bridgehead atoms. The average molecular weight is 215 g/mol. The Morgan fingerprint density at radius 1 is 1.64 bits per heavy atom. The Hall–Kier alpha value is -0.600. The molecule has 2 unspecified atom stereocenters. The summed E-state index contributed by atoms with van der Waals surface area (Å²) in [6.45, 7) is 1.99. The van der Waals surface area contributed by atoms with Crippen molar-refractivity contribution in [2.24, 2.45) is 5.92 Å². The van der Waals surface area contributed by atoms with Crippen LogP contribution in [0.25, 0.3) is 0 Å². The van der Waals surface area contributed by atoms with Crippen molar-refractivity contribution >= 4 is 11.6 Å². The lowest BCUT2D eigenvalue weighted by Gasteiger charge is -2.11. The van der Waals surface area contributed by atoms with Crippen molar-refractivity contribution in [1.82, 2.24) is 0 Å². The molecule has 0 heterocycles. The Bertz CT molecular complexity index is 366. The minimum absolute atomic E-state index is 0.176. The summed E-state index contributed by atoms with van der Waals surface area (Å²) < 4.78 is 13.4. The lowest BCUT2D eigenvalue weighted by Crippen LogP contribution is -2.10. The maximum absolute atomic E-state index is 13.4. The lowest BCUT2D eigenvalue weighted by molar-refractivity contribution is 0.126. The summed E-state index contributed by atoms with van der Waals surface area (Å²) in [7, 11) is 0. The van der Waals surface area contributed by atoms with Gasteiger partial charge in [0.05, 0.1) is 5.60 Å². The van der Waals surface area contributed by atoms with E-state index >= 15 is 0 Å². The van der Waals surface area contributed by atoms with Crippen LogP contribution in [0.15, 0.2) is 18.2 Å². The van der Waals surface area contributed by atoms with Gasteiger partial charge in [-0.3, -0.25) is 0 Å². The number of halogens is 2. The smallest absolute Gasteiger partial charge is 0.129 e. The number of benzene rings is 1. The molecular weight excluding hydrogens is 203 g/mol. The zero-order valence-electron chi connectivity index (χ0n) is 7.93. The normalized spacial score (nSPS) is 30.4. The molecule has 76 valence electrons. The summed E-state index contributed by atoms with van der Waals surface area (Å²) in [4.78, 5) is 0. The first-order chi connectivity index (χ1) is 6.58. The molecule has 1 saturated carbocycles. The third-order valence-electron chi connectivity index (χ3n) is 2.96. The molecule has 0 saturated heterocycles. The second-order valence-corrected chi connectivity index (χ2v) is 4.29. The van der Waals surface area contributed by atoms with Crippen LogP contribution in [-0.2, 0) is 5.60 Å². The molecule has 1 N–H and O–H groups in total. The van der Waals surface area contributed by atoms with Gasteiger partial charge in [0.1, 0.15) is 5.82 Å². The molecule has 0 amide bonds. The van der Waals surface area contributed by atoms with Crippen molar-refractivity contribution < 1.29 is 9.50 Å². The Labute approximate surface area is 87.5 Å². The SMILES string of the molecule is CCC1CC1(O)c1cc(Cl)ccc1F. The van der Waals surface area contributed by atoms with Gasteiger partial charge >= 0.3 is 0 Å². The predicted octanol–water partition coefficient (Wildman–Crippen LogP) is 3.10. The quantitative estimate of drug-likeness (QED) is 0.802. The van der Waals surface area contributed by atoms with Gasteiger partial charge in [-0.25, -0.2) is 4.39 Å². The molecule has 0 aromatic heterocycles. The van der Waals surface area contributed by atoms with E-state index in [0.29, 0.717) is 17.0 Å². The van der Waals surface area contributed by atoms with Crippen molar-refractivity contribution in [1.29, 1.82) is 0 Å². The summed E-state index contributed by atoms with van der Waals surface area (Å²) in [5, 5.41) is 10.5. The van der Waals surface area contributed by atoms with Crippen molar-refractivity contribution in [3.8, 4) is 0 Å². The number of rotatable bonds is 2. The molecule has 0 aliphatic heterocycles. The van der Waals surface area contributed by atoms with E-state index in [1.165, 1.54) is 18.2 Å². The fourth-order valence-electron chi connectivity index (χ4n) is 1.96. The molecule has 1 aromatic rings. The summed E-state index contributed by atoms with van der Waals surface area (Å²) in [6.07, 6.45) is 1.50. The Kier molecular flexibility index (Phi) is 2.28. The van der Waals surface area contributed by atoms with Gasteiger partial charge in [-0.1, -0.05) is 24.9 Å². The van der Waals surface area contributed by atoms with Gasteiger partial charge in [-0.2, -0.15) is 0 Å². The highest BCUT2D eigenvalue weighted by Gasteiger charge is 2.54. The molecule has 2 atom stereocenters. The van der Waals surface area contributed by atoms with Gasteiger partial charge in [0.15, 0.2) is 0 Å². The summed E-state index contributed by atoms with van der Waals surface area (Å²) >= 11 is 5.76. The first-order valence-electron chi connectivity index (χ1n) is 4.76. The minimum atomic E-state index is -0.969. The monoisotopic (exact) mass is 214 g/mol. The van der Waals surface area contributed by atoms with Crippen LogP contribution in [0.3, 0.4) is 0 Å². The second-order valence-electron chi connectivity index (χ2n) is 3.86. The van der Waals surface area contributed by atoms with Gasteiger partial charge in [0.25, 0.3) is 0 Å². The van der Waals surface area contributed by atoms with E-state index in [-0.39, 0.29) is 11.7 Å². The first kappa shape index (κ1) is 9.94. The molecule has 1 aliphatic carbocycles. The molecule has 1 aliphatic rings. The van der Waals surface area contributed by atoms with Crippen LogP contribution in [0.4, 0.5) is 4.39 Å². The second kappa shape index (κ2) is 3.21. The number of hydrogen-bond donors (Lipinski definition) is 1. The third kappa shape index (κ3) is 1.43. The Morgan fingerprint density at radius 2 is 2.36 bits per heavy atom. The molecular formula is C11H12ClFO. The molecule has 1 aromatic carbocycles. The van der Waals surface area contributed by atoms with Crippen LogP contribution < -0.4 is 0 Å². The molecule has 0 radical (unpaired) electrons.